The Bertz CT molecular complexity index is 585. The second-order valence-electron chi connectivity index (χ2n) is 4.84. The minimum absolute atomic E-state index is 0.223. The summed E-state index contributed by atoms with van der Waals surface area (Å²) in [4.78, 5) is 11.2. The Balaban J connectivity index is 2.20. The molecule has 0 amide bonds. The molecule has 0 bridgehead atoms. The third-order valence-corrected chi connectivity index (χ3v) is 5.21. The highest BCUT2D eigenvalue weighted by Gasteiger charge is 2.36. The van der Waals surface area contributed by atoms with Crippen LogP contribution in [0.25, 0.3) is 0 Å². The second-order valence-corrected chi connectivity index (χ2v) is 6.76. The van der Waals surface area contributed by atoms with Crippen molar-refractivity contribution in [3.63, 3.8) is 0 Å². The molecule has 0 aliphatic carbocycles. The summed E-state index contributed by atoms with van der Waals surface area (Å²) in [6.07, 6.45) is 1.70. The van der Waals surface area contributed by atoms with E-state index < -0.39 is 27.9 Å². The van der Waals surface area contributed by atoms with Gasteiger partial charge in [-0.3, -0.25) is 4.79 Å². The van der Waals surface area contributed by atoms with Gasteiger partial charge in [0.15, 0.2) is 0 Å². The monoisotopic (exact) mass is 301 g/mol. The van der Waals surface area contributed by atoms with E-state index in [9.17, 15) is 17.6 Å². The maximum atomic E-state index is 12.8. The number of benzene rings is 1. The molecular formula is C13H16FNO4S. The third-order valence-electron chi connectivity index (χ3n) is 3.36. The number of halogens is 1. The van der Waals surface area contributed by atoms with Crippen LogP contribution in [0.5, 0.6) is 0 Å². The molecule has 7 heteroatoms. The van der Waals surface area contributed by atoms with E-state index in [1.54, 1.807) is 0 Å². The van der Waals surface area contributed by atoms with Crippen LogP contribution in [-0.4, -0.2) is 36.4 Å². The van der Waals surface area contributed by atoms with Crippen molar-refractivity contribution in [2.24, 2.45) is 0 Å². The van der Waals surface area contributed by atoms with E-state index >= 15 is 0 Å². The summed E-state index contributed by atoms with van der Waals surface area (Å²) < 4.78 is 38.5. The molecule has 1 saturated heterocycles. The first-order chi connectivity index (χ1) is 9.40. The second kappa shape index (κ2) is 5.88. The maximum Gasteiger partial charge on any atom is 0.322 e. The van der Waals surface area contributed by atoms with E-state index in [4.69, 9.17) is 5.11 Å². The van der Waals surface area contributed by atoms with Gasteiger partial charge in [0.25, 0.3) is 0 Å². The Kier molecular flexibility index (Phi) is 4.39. The number of carbonyl (C=O) groups is 1. The van der Waals surface area contributed by atoms with Crippen molar-refractivity contribution in [1.29, 1.82) is 0 Å². The fraction of sp³-hybridized carbons (Fsp3) is 0.462. The number of piperidine rings is 1. The molecule has 0 unspecified atom stereocenters. The summed E-state index contributed by atoms with van der Waals surface area (Å²) in [5, 5.41) is 9.12. The molecule has 1 aromatic rings. The molecule has 1 atom stereocenters. The first-order valence-corrected chi connectivity index (χ1v) is 7.98. The van der Waals surface area contributed by atoms with Crippen LogP contribution in [0.3, 0.4) is 0 Å². The number of aliphatic carboxylic acids is 1. The average Bonchev–Trinajstić information content (AvgIpc) is 2.41. The van der Waals surface area contributed by atoms with Crippen LogP contribution in [0.4, 0.5) is 4.39 Å². The van der Waals surface area contributed by atoms with Gasteiger partial charge in [0.2, 0.25) is 10.0 Å². The Morgan fingerprint density at radius 2 is 1.95 bits per heavy atom. The lowest BCUT2D eigenvalue weighted by molar-refractivity contribution is -0.142. The van der Waals surface area contributed by atoms with Gasteiger partial charge in [-0.1, -0.05) is 12.1 Å². The van der Waals surface area contributed by atoms with Gasteiger partial charge in [-0.25, -0.2) is 12.8 Å². The number of hydrogen-bond donors (Lipinski definition) is 1. The molecule has 1 aromatic carbocycles. The standard InChI is InChI=1S/C13H16FNO4S/c14-11-6-4-10(5-7-11)9-20(18,19)15-8-2-1-3-12(15)13(16)17/h4-7,12H,1-3,8-9H2,(H,16,17)/t12-/m0/s1. The van der Waals surface area contributed by atoms with Crippen molar-refractivity contribution in [3.8, 4) is 0 Å². The zero-order valence-electron chi connectivity index (χ0n) is 10.8. The van der Waals surface area contributed by atoms with E-state index in [1.165, 1.54) is 24.3 Å². The number of hydrogen-bond acceptors (Lipinski definition) is 3. The van der Waals surface area contributed by atoms with E-state index in [2.05, 4.69) is 0 Å². The van der Waals surface area contributed by atoms with E-state index in [0.717, 1.165) is 4.31 Å². The topological polar surface area (TPSA) is 74.7 Å². The fourth-order valence-electron chi connectivity index (χ4n) is 2.36. The zero-order chi connectivity index (χ0) is 14.8. The Hall–Kier alpha value is -1.47. The number of sulfonamides is 1. The molecule has 1 heterocycles. The molecule has 2 rings (SSSR count). The summed E-state index contributed by atoms with van der Waals surface area (Å²) in [5.41, 5.74) is 0.445. The van der Waals surface area contributed by atoms with Crippen LogP contribution in [-0.2, 0) is 20.6 Å². The van der Waals surface area contributed by atoms with E-state index in [0.29, 0.717) is 24.8 Å². The van der Waals surface area contributed by atoms with Crippen molar-refractivity contribution in [3.05, 3.63) is 35.6 Å². The van der Waals surface area contributed by atoms with E-state index in [-0.39, 0.29) is 12.3 Å². The van der Waals surface area contributed by atoms with Gasteiger partial charge in [-0.15, -0.1) is 0 Å². The average molecular weight is 301 g/mol. The minimum Gasteiger partial charge on any atom is -0.480 e. The van der Waals surface area contributed by atoms with Crippen LogP contribution in [0.1, 0.15) is 24.8 Å². The van der Waals surface area contributed by atoms with Crippen LogP contribution < -0.4 is 0 Å². The lowest BCUT2D eigenvalue weighted by atomic mass is 10.1. The number of rotatable bonds is 4. The molecule has 5 nitrogen and oxygen atoms in total. The zero-order valence-corrected chi connectivity index (χ0v) is 11.6. The fourth-order valence-corrected chi connectivity index (χ4v) is 4.13. The van der Waals surface area contributed by atoms with Crippen LogP contribution in [0, 0.1) is 5.82 Å². The lowest BCUT2D eigenvalue weighted by Crippen LogP contribution is -2.48. The highest BCUT2D eigenvalue weighted by molar-refractivity contribution is 7.88. The van der Waals surface area contributed by atoms with Crippen molar-refractivity contribution >= 4 is 16.0 Å². The summed E-state index contributed by atoms with van der Waals surface area (Å²) in [6.45, 7) is 0.223. The predicted octanol–water partition coefficient (Wildman–Crippen LogP) is 1.59. The Morgan fingerprint density at radius 3 is 2.55 bits per heavy atom. The predicted molar refractivity (Wildman–Crippen MR) is 71.0 cm³/mol. The SMILES string of the molecule is O=C(O)[C@@H]1CCCCN1S(=O)(=O)Cc1ccc(F)cc1. The van der Waals surface area contributed by atoms with Gasteiger partial charge in [0.05, 0.1) is 5.75 Å². The molecule has 0 radical (unpaired) electrons. The van der Waals surface area contributed by atoms with Gasteiger partial charge in [0, 0.05) is 6.54 Å². The van der Waals surface area contributed by atoms with E-state index in [1.807, 2.05) is 0 Å². The molecule has 20 heavy (non-hydrogen) atoms. The lowest BCUT2D eigenvalue weighted by Gasteiger charge is -2.31. The third kappa shape index (κ3) is 3.34. The quantitative estimate of drug-likeness (QED) is 0.916. The molecule has 0 aromatic heterocycles. The largest absolute Gasteiger partial charge is 0.480 e. The van der Waals surface area contributed by atoms with Gasteiger partial charge >= 0.3 is 5.97 Å². The minimum atomic E-state index is -3.71. The van der Waals surface area contributed by atoms with Crippen molar-refractivity contribution in [2.45, 2.75) is 31.1 Å². The van der Waals surface area contributed by atoms with Crippen LogP contribution in [0.15, 0.2) is 24.3 Å². The number of carboxylic acid groups (broad SMARTS) is 1. The molecular weight excluding hydrogens is 285 g/mol. The van der Waals surface area contributed by atoms with Crippen molar-refractivity contribution in [1.82, 2.24) is 4.31 Å². The summed E-state index contributed by atoms with van der Waals surface area (Å²) in [6, 6.07) is 4.18. The number of nitrogens with zero attached hydrogens (tertiary/aromatic N) is 1. The highest BCUT2D eigenvalue weighted by atomic mass is 32.2. The van der Waals surface area contributed by atoms with Crippen LogP contribution in [0.2, 0.25) is 0 Å². The molecule has 1 fully saturated rings. The van der Waals surface area contributed by atoms with Crippen molar-refractivity contribution < 1.29 is 22.7 Å². The first-order valence-electron chi connectivity index (χ1n) is 6.37. The Morgan fingerprint density at radius 1 is 1.30 bits per heavy atom. The molecule has 0 saturated carbocycles. The Labute approximate surface area is 117 Å². The molecule has 1 aliphatic heterocycles. The molecule has 110 valence electrons. The van der Waals surface area contributed by atoms with Gasteiger partial charge in [-0.05, 0) is 37.0 Å². The highest BCUT2D eigenvalue weighted by Crippen LogP contribution is 2.23. The smallest absolute Gasteiger partial charge is 0.322 e. The van der Waals surface area contributed by atoms with Gasteiger partial charge in [-0.2, -0.15) is 4.31 Å². The summed E-state index contributed by atoms with van der Waals surface area (Å²) in [5.74, 6) is -1.86. The summed E-state index contributed by atoms with van der Waals surface area (Å²) >= 11 is 0. The molecule has 0 spiro atoms. The van der Waals surface area contributed by atoms with Gasteiger partial charge < -0.3 is 5.11 Å². The van der Waals surface area contributed by atoms with Crippen LogP contribution >= 0.6 is 0 Å². The maximum absolute atomic E-state index is 12.8. The first kappa shape index (κ1) is 14.9. The number of carboxylic acids is 1. The molecule has 1 aliphatic rings. The molecule has 1 N–H and O–H groups in total. The van der Waals surface area contributed by atoms with Gasteiger partial charge in [0.1, 0.15) is 11.9 Å². The van der Waals surface area contributed by atoms with Crippen molar-refractivity contribution in [2.75, 3.05) is 6.54 Å². The summed E-state index contributed by atoms with van der Waals surface area (Å²) in [7, 11) is -3.71. The normalized spacial score (nSPS) is 20.8.